The van der Waals surface area contributed by atoms with Crippen LogP contribution in [0.15, 0.2) is 0 Å². The molecule has 2 amide bonds. The molecule has 0 aromatic rings. The number of hydrogen-bond acceptors (Lipinski definition) is 6. The van der Waals surface area contributed by atoms with E-state index in [1.807, 2.05) is 6.07 Å². The van der Waals surface area contributed by atoms with E-state index in [2.05, 4.69) is 10.1 Å². The first-order valence-electron chi connectivity index (χ1n) is 6.34. The van der Waals surface area contributed by atoms with Crippen LogP contribution >= 0.6 is 0 Å². The van der Waals surface area contributed by atoms with Gasteiger partial charge in [0.2, 0.25) is 0 Å². The molecular formula is C12H17N3O6. The van der Waals surface area contributed by atoms with E-state index in [4.69, 9.17) is 15.1 Å². The van der Waals surface area contributed by atoms with Gasteiger partial charge < -0.3 is 24.8 Å². The molecular weight excluding hydrogens is 282 g/mol. The average molecular weight is 299 g/mol. The lowest BCUT2D eigenvalue weighted by molar-refractivity contribution is -0.142. The molecule has 0 bridgehead atoms. The molecule has 0 aromatic carbocycles. The first-order chi connectivity index (χ1) is 9.97. The Bertz CT molecular complexity index is 447. The zero-order valence-electron chi connectivity index (χ0n) is 11.6. The van der Waals surface area contributed by atoms with E-state index < -0.39 is 30.1 Å². The molecule has 1 unspecified atom stereocenters. The summed E-state index contributed by atoms with van der Waals surface area (Å²) in [6.07, 6.45) is -0.903. The Labute approximate surface area is 121 Å². The van der Waals surface area contributed by atoms with Crippen LogP contribution in [-0.4, -0.2) is 66.9 Å². The first kappa shape index (κ1) is 16.7. The Kier molecular flexibility index (Phi) is 6.42. The molecule has 1 aliphatic rings. The SMILES string of the molecule is COC(=O)CC[C@H](NC(=O)N1CCOC(C#N)C1)C(=O)O. The highest BCUT2D eigenvalue weighted by Gasteiger charge is 2.28. The van der Waals surface area contributed by atoms with E-state index in [0.717, 1.165) is 0 Å². The van der Waals surface area contributed by atoms with E-state index in [1.54, 1.807) is 0 Å². The molecule has 1 rings (SSSR count). The number of amides is 2. The number of nitrogens with zero attached hydrogens (tertiary/aromatic N) is 2. The second-order valence-corrected chi connectivity index (χ2v) is 4.39. The first-order valence-corrected chi connectivity index (χ1v) is 6.34. The van der Waals surface area contributed by atoms with E-state index in [0.29, 0.717) is 0 Å². The third-order valence-corrected chi connectivity index (χ3v) is 2.96. The van der Waals surface area contributed by atoms with Crippen LogP contribution in [0.4, 0.5) is 4.79 Å². The van der Waals surface area contributed by atoms with Gasteiger partial charge in [0.05, 0.1) is 26.3 Å². The van der Waals surface area contributed by atoms with Gasteiger partial charge in [0.25, 0.3) is 0 Å². The van der Waals surface area contributed by atoms with Crippen molar-refractivity contribution in [3.8, 4) is 6.07 Å². The third kappa shape index (κ3) is 5.27. The standard InChI is InChI=1S/C12H17N3O6/c1-20-10(16)3-2-9(11(17)18)14-12(19)15-4-5-21-8(6-13)7-15/h8-9H,2-5,7H2,1H3,(H,14,19)(H,17,18)/t8?,9-/m0/s1. The van der Waals surface area contributed by atoms with Gasteiger partial charge in [-0.25, -0.2) is 9.59 Å². The molecule has 116 valence electrons. The maximum Gasteiger partial charge on any atom is 0.326 e. The Balaban J connectivity index is 2.54. The fourth-order valence-corrected chi connectivity index (χ4v) is 1.77. The summed E-state index contributed by atoms with van der Waals surface area (Å²) in [6.45, 7) is 0.560. The highest BCUT2D eigenvalue weighted by Crippen LogP contribution is 2.06. The summed E-state index contributed by atoms with van der Waals surface area (Å²) in [5.41, 5.74) is 0. The minimum absolute atomic E-state index is 0.0697. The van der Waals surface area contributed by atoms with Crippen molar-refractivity contribution >= 4 is 18.0 Å². The van der Waals surface area contributed by atoms with Crippen LogP contribution in [0.25, 0.3) is 0 Å². The number of carboxylic acid groups (broad SMARTS) is 1. The van der Waals surface area contributed by atoms with E-state index >= 15 is 0 Å². The third-order valence-electron chi connectivity index (χ3n) is 2.96. The van der Waals surface area contributed by atoms with Crippen molar-refractivity contribution in [1.82, 2.24) is 10.2 Å². The normalized spacial score (nSPS) is 19.2. The minimum Gasteiger partial charge on any atom is -0.480 e. The summed E-state index contributed by atoms with van der Waals surface area (Å²) >= 11 is 0. The van der Waals surface area contributed by atoms with Crippen LogP contribution in [0.2, 0.25) is 0 Å². The van der Waals surface area contributed by atoms with Gasteiger partial charge in [-0.05, 0) is 6.42 Å². The second-order valence-electron chi connectivity index (χ2n) is 4.39. The summed E-state index contributed by atoms with van der Waals surface area (Å²) in [5, 5.41) is 20.1. The number of carboxylic acids is 1. The van der Waals surface area contributed by atoms with Crippen LogP contribution in [0.3, 0.4) is 0 Å². The Morgan fingerprint density at radius 2 is 2.29 bits per heavy atom. The number of urea groups is 1. The molecule has 2 N–H and O–H groups in total. The van der Waals surface area contributed by atoms with Gasteiger partial charge in [0.15, 0.2) is 6.10 Å². The predicted octanol–water partition coefficient (Wildman–Crippen LogP) is -0.673. The number of hydrogen-bond donors (Lipinski definition) is 2. The number of nitriles is 1. The van der Waals surface area contributed by atoms with Crippen molar-refractivity contribution in [2.24, 2.45) is 0 Å². The Morgan fingerprint density at radius 3 is 2.86 bits per heavy atom. The average Bonchev–Trinajstić information content (AvgIpc) is 2.50. The molecule has 0 aliphatic carbocycles. The van der Waals surface area contributed by atoms with Crippen molar-refractivity contribution in [2.45, 2.75) is 25.0 Å². The van der Waals surface area contributed by atoms with E-state index in [-0.39, 0.29) is 32.5 Å². The number of rotatable bonds is 5. The molecule has 1 fully saturated rings. The second kappa shape index (κ2) is 8.06. The number of carbonyl (C=O) groups excluding carboxylic acids is 2. The summed E-state index contributed by atoms with van der Waals surface area (Å²) < 4.78 is 9.52. The minimum atomic E-state index is -1.24. The van der Waals surface area contributed by atoms with Crippen LogP contribution in [-0.2, 0) is 19.1 Å². The van der Waals surface area contributed by atoms with Crippen LogP contribution < -0.4 is 5.32 Å². The maximum atomic E-state index is 12.0. The Morgan fingerprint density at radius 1 is 1.57 bits per heavy atom. The fraction of sp³-hybridized carbons (Fsp3) is 0.667. The molecule has 0 radical (unpaired) electrons. The number of esters is 1. The molecule has 2 atom stereocenters. The van der Waals surface area contributed by atoms with Crippen LogP contribution in [0.5, 0.6) is 0 Å². The molecule has 9 heteroatoms. The van der Waals surface area contributed by atoms with Crippen molar-refractivity contribution in [1.29, 1.82) is 5.26 Å². The molecule has 0 aromatic heterocycles. The van der Waals surface area contributed by atoms with Crippen molar-refractivity contribution in [2.75, 3.05) is 26.8 Å². The van der Waals surface area contributed by atoms with Gasteiger partial charge in [0.1, 0.15) is 6.04 Å². The summed E-state index contributed by atoms with van der Waals surface area (Å²) in [4.78, 5) is 35.4. The zero-order valence-corrected chi connectivity index (χ0v) is 11.6. The lowest BCUT2D eigenvalue weighted by atomic mass is 10.1. The number of ether oxygens (including phenoxy) is 2. The maximum absolute atomic E-state index is 12.0. The molecule has 1 aliphatic heterocycles. The molecule has 0 saturated carbocycles. The largest absolute Gasteiger partial charge is 0.480 e. The quantitative estimate of drug-likeness (QED) is 0.644. The lowest BCUT2D eigenvalue weighted by Gasteiger charge is -2.30. The predicted molar refractivity (Wildman–Crippen MR) is 68.1 cm³/mol. The Hall–Kier alpha value is -2.34. The monoisotopic (exact) mass is 299 g/mol. The molecule has 1 heterocycles. The van der Waals surface area contributed by atoms with Gasteiger partial charge in [-0.3, -0.25) is 4.79 Å². The van der Waals surface area contributed by atoms with Crippen molar-refractivity contribution < 1.29 is 29.0 Å². The molecule has 1 saturated heterocycles. The fourth-order valence-electron chi connectivity index (χ4n) is 1.77. The van der Waals surface area contributed by atoms with E-state index in [1.165, 1.54) is 12.0 Å². The van der Waals surface area contributed by atoms with Crippen LogP contribution in [0.1, 0.15) is 12.8 Å². The van der Waals surface area contributed by atoms with Gasteiger partial charge in [0, 0.05) is 13.0 Å². The van der Waals surface area contributed by atoms with Crippen LogP contribution in [0, 0.1) is 11.3 Å². The van der Waals surface area contributed by atoms with Gasteiger partial charge in [-0.2, -0.15) is 5.26 Å². The molecule has 0 spiro atoms. The highest BCUT2D eigenvalue weighted by molar-refractivity contribution is 5.83. The zero-order chi connectivity index (χ0) is 15.8. The summed E-state index contributed by atoms with van der Waals surface area (Å²) in [5.74, 6) is -1.79. The molecule has 21 heavy (non-hydrogen) atoms. The number of morpholine rings is 1. The van der Waals surface area contributed by atoms with Gasteiger partial charge >= 0.3 is 18.0 Å². The van der Waals surface area contributed by atoms with Gasteiger partial charge in [-0.15, -0.1) is 0 Å². The molecule has 9 nitrogen and oxygen atoms in total. The lowest BCUT2D eigenvalue weighted by Crippen LogP contribution is -2.53. The number of aliphatic carboxylic acids is 1. The van der Waals surface area contributed by atoms with E-state index in [9.17, 15) is 14.4 Å². The number of nitrogens with one attached hydrogen (secondary N) is 1. The van der Waals surface area contributed by atoms with Crippen molar-refractivity contribution in [3.63, 3.8) is 0 Å². The topological polar surface area (TPSA) is 129 Å². The number of carbonyl (C=O) groups is 3. The van der Waals surface area contributed by atoms with Crippen molar-refractivity contribution in [3.05, 3.63) is 0 Å². The summed E-state index contributed by atoms with van der Waals surface area (Å²) in [7, 11) is 1.20. The number of methoxy groups -OCH3 is 1. The summed E-state index contributed by atoms with van der Waals surface area (Å²) in [6, 6.07) is 0.0956. The van der Waals surface area contributed by atoms with Gasteiger partial charge in [-0.1, -0.05) is 0 Å². The smallest absolute Gasteiger partial charge is 0.326 e. The highest BCUT2D eigenvalue weighted by atomic mass is 16.5.